The van der Waals surface area contributed by atoms with Crippen molar-refractivity contribution in [2.75, 3.05) is 0 Å². The van der Waals surface area contributed by atoms with E-state index >= 15 is 0 Å². The molecule has 0 aliphatic heterocycles. The molecule has 0 fully saturated rings. The Morgan fingerprint density at radius 1 is 1.50 bits per heavy atom. The number of allylic oxidation sites excluding steroid dienone is 5. The van der Waals surface area contributed by atoms with Crippen molar-refractivity contribution in [1.82, 2.24) is 0 Å². The SMILES string of the molecule is C/C=C1/C=CC(S)=C1. The van der Waals surface area contributed by atoms with Crippen LogP contribution < -0.4 is 0 Å². The Morgan fingerprint density at radius 2 is 2.25 bits per heavy atom. The maximum Gasteiger partial charge on any atom is 0.00460 e. The van der Waals surface area contributed by atoms with Crippen LogP contribution in [0.15, 0.2) is 34.8 Å². The van der Waals surface area contributed by atoms with Crippen LogP contribution in [0.25, 0.3) is 0 Å². The summed E-state index contributed by atoms with van der Waals surface area (Å²) in [5.74, 6) is 0. The number of hydrogen-bond acceptors (Lipinski definition) is 1. The monoisotopic (exact) mass is 124 g/mol. The van der Waals surface area contributed by atoms with E-state index in [1.54, 1.807) is 0 Å². The Bertz CT molecular complexity index is 173. The molecule has 0 saturated heterocycles. The van der Waals surface area contributed by atoms with E-state index in [2.05, 4.69) is 18.7 Å². The molecule has 0 aromatic rings. The molecule has 1 aliphatic rings. The minimum Gasteiger partial charge on any atom is -0.143 e. The van der Waals surface area contributed by atoms with Crippen molar-refractivity contribution in [3.8, 4) is 0 Å². The second-order valence-electron chi connectivity index (χ2n) is 1.69. The van der Waals surface area contributed by atoms with Crippen molar-refractivity contribution in [3.05, 3.63) is 34.8 Å². The van der Waals surface area contributed by atoms with E-state index in [1.165, 1.54) is 5.57 Å². The lowest BCUT2D eigenvalue weighted by Crippen LogP contribution is -1.59. The van der Waals surface area contributed by atoms with Crippen molar-refractivity contribution >= 4 is 12.6 Å². The first-order valence-electron chi connectivity index (χ1n) is 2.58. The third-order valence-corrected chi connectivity index (χ3v) is 1.37. The second kappa shape index (κ2) is 2.23. The van der Waals surface area contributed by atoms with Gasteiger partial charge in [0.1, 0.15) is 0 Å². The first kappa shape index (κ1) is 5.70. The van der Waals surface area contributed by atoms with Crippen LogP contribution in [0, 0.1) is 0 Å². The minimum atomic E-state index is 1.04. The van der Waals surface area contributed by atoms with E-state index in [-0.39, 0.29) is 0 Å². The van der Waals surface area contributed by atoms with E-state index in [1.807, 2.05) is 25.2 Å². The largest absolute Gasteiger partial charge is 0.143 e. The molecule has 0 radical (unpaired) electrons. The van der Waals surface area contributed by atoms with E-state index in [0.29, 0.717) is 0 Å². The van der Waals surface area contributed by atoms with Crippen molar-refractivity contribution in [2.24, 2.45) is 0 Å². The van der Waals surface area contributed by atoms with Crippen molar-refractivity contribution in [2.45, 2.75) is 6.92 Å². The molecule has 0 N–H and O–H groups in total. The van der Waals surface area contributed by atoms with Gasteiger partial charge in [-0.2, -0.15) is 0 Å². The van der Waals surface area contributed by atoms with Crippen molar-refractivity contribution in [1.29, 1.82) is 0 Å². The van der Waals surface area contributed by atoms with Crippen LogP contribution in [-0.2, 0) is 0 Å². The van der Waals surface area contributed by atoms with Gasteiger partial charge in [0.15, 0.2) is 0 Å². The normalized spacial score (nSPS) is 22.2. The summed E-state index contributed by atoms with van der Waals surface area (Å²) < 4.78 is 0. The molecule has 0 spiro atoms. The molecule has 42 valence electrons. The number of hydrogen-bond donors (Lipinski definition) is 1. The van der Waals surface area contributed by atoms with Crippen LogP contribution in [0.3, 0.4) is 0 Å². The highest BCUT2D eigenvalue weighted by atomic mass is 32.1. The van der Waals surface area contributed by atoms with Gasteiger partial charge in [0.2, 0.25) is 0 Å². The third-order valence-electron chi connectivity index (χ3n) is 1.09. The van der Waals surface area contributed by atoms with Gasteiger partial charge in [0.05, 0.1) is 0 Å². The van der Waals surface area contributed by atoms with Crippen molar-refractivity contribution < 1.29 is 0 Å². The molecule has 0 amide bonds. The van der Waals surface area contributed by atoms with Gasteiger partial charge in [0, 0.05) is 4.91 Å². The van der Waals surface area contributed by atoms with E-state index in [9.17, 15) is 0 Å². The molecule has 1 rings (SSSR count). The molecule has 0 saturated carbocycles. The van der Waals surface area contributed by atoms with Gasteiger partial charge in [-0.3, -0.25) is 0 Å². The van der Waals surface area contributed by atoms with Gasteiger partial charge in [-0.1, -0.05) is 12.2 Å². The van der Waals surface area contributed by atoms with Gasteiger partial charge in [-0.25, -0.2) is 0 Å². The second-order valence-corrected chi connectivity index (χ2v) is 2.21. The Labute approximate surface area is 55.0 Å². The average molecular weight is 124 g/mol. The first-order chi connectivity index (χ1) is 3.83. The zero-order chi connectivity index (χ0) is 5.98. The van der Waals surface area contributed by atoms with Crippen LogP contribution in [-0.4, -0.2) is 0 Å². The summed E-state index contributed by atoms with van der Waals surface area (Å²) >= 11 is 4.14. The van der Waals surface area contributed by atoms with Crippen LogP contribution in [0.5, 0.6) is 0 Å². The molecule has 0 nitrogen and oxygen atoms in total. The van der Waals surface area contributed by atoms with E-state index < -0.39 is 0 Å². The highest BCUT2D eigenvalue weighted by Crippen LogP contribution is 2.16. The topological polar surface area (TPSA) is 0 Å². The summed E-state index contributed by atoms with van der Waals surface area (Å²) in [5, 5.41) is 0. The predicted octanol–water partition coefficient (Wildman–Crippen LogP) is 2.32. The van der Waals surface area contributed by atoms with Crippen LogP contribution in [0.1, 0.15) is 6.92 Å². The Balaban J connectivity index is 2.84. The van der Waals surface area contributed by atoms with E-state index in [4.69, 9.17) is 0 Å². The molecular weight excluding hydrogens is 116 g/mol. The van der Waals surface area contributed by atoms with Gasteiger partial charge >= 0.3 is 0 Å². The highest BCUT2D eigenvalue weighted by Gasteiger charge is 1.93. The maximum atomic E-state index is 4.14. The fourth-order valence-electron chi connectivity index (χ4n) is 0.628. The maximum absolute atomic E-state index is 4.14. The standard InChI is InChI=1S/C7H8S/c1-2-6-3-4-7(8)5-6/h2-5,8H,1H3/b6-2-. The summed E-state index contributed by atoms with van der Waals surface area (Å²) in [6.45, 7) is 2.02. The fourth-order valence-corrected chi connectivity index (χ4v) is 0.852. The van der Waals surface area contributed by atoms with Crippen molar-refractivity contribution in [3.63, 3.8) is 0 Å². The number of rotatable bonds is 0. The summed E-state index contributed by atoms with van der Waals surface area (Å²) in [7, 11) is 0. The smallest absolute Gasteiger partial charge is 0.00460 e. The Kier molecular flexibility index (Phi) is 1.59. The van der Waals surface area contributed by atoms with Gasteiger partial charge in [0.25, 0.3) is 0 Å². The van der Waals surface area contributed by atoms with Gasteiger partial charge in [-0.05, 0) is 24.6 Å². The molecule has 0 unspecified atom stereocenters. The minimum absolute atomic E-state index is 1.04. The quantitative estimate of drug-likeness (QED) is 0.471. The average Bonchev–Trinajstić information content (AvgIpc) is 2.14. The molecule has 1 heteroatoms. The van der Waals surface area contributed by atoms with Crippen LogP contribution >= 0.6 is 12.6 Å². The Morgan fingerprint density at radius 3 is 2.50 bits per heavy atom. The van der Waals surface area contributed by atoms with E-state index in [0.717, 1.165) is 4.91 Å². The molecule has 0 aromatic heterocycles. The molecule has 0 heterocycles. The molecule has 0 bridgehead atoms. The summed E-state index contributed by atoms with van der Waals surface area (Å²) in [6, 6.07) is 0. The lowest BCUT2D eigenvalue weighted by atomic mass is 10.3. The molecule has 1 aliphatic carbocycles. The predicted molar refractivity (Wildman–Crippen MR) is 40.0 cm³/mol. The molecular formula is C7H8S. The fraction of sp³-hybridized carbons (Fsp3) is 0.143. The summed E-state index contributed by atoms with van der Waals surface area (Å²) in [6.07, 6.45) is 8.11. The van der Waals surface area contributed by atoms with Gasteiger partial charge in [-0.15, -0.1) is 12.6 Å². The highest BCUT2D eigenvalue weighted by molar-refractivity contribution is 7.84. The van der Waals surface area contributed by atoms with Crippen LogP contribution in [0.4, 0.5) is 0 Å². The lowest BCUT2D eigenvalue weighted by Gasteiger charge is -1.79. The zero-order valence-corrected chi connectivity index (χ0v) is 5.65. The Hall–Kier alpha value is -0.430. The van der Waals surface area contributed by atoms with Gasteiger partial charge < -0.3 is 0 Å². The zero-order valence-electron chi connectivity index (χ0n) is 4.76. The molecule has 0 atom stereocenters. The first-order valence-corrected chi connectivity index (χ1v) is 3.02. The molecule has 8 heavy (non-hydrogen) atoms. The lowest BCUT2D eigenvalue weighted by molar-refractivity contribution is 1.64. The number of thiol groups is 1. The molecule has 0 aromatic carbocycles. The third kappa shape index (κ3) is 1.04. The summed E-state index contributed by atoms with van der Waals surface area (Å²) in [4.78, 5) is 1.04. The summed E-state index contributed by atoms with van der Waals surface area (Å²) in [5.41, 5.74) is 1.25. The van der Waals surface area contributed by atoms with Crippen LogP contribution in [0.2, 0.25) is 0 Å².